The van der Waals surface area contributed by atoms with Gasteiger partial charge in [-0.1, -0.05) is 6.58 Å². The van der Waals surface area contributed by atoms with Gasteiger partial charge in [-0.3, -0.25) is 4.79 Å². The van der Waals surface area contributed by atoms with E-state index in [0.717, 1.165) is 0 Å². The topological polar surface area (TPSA) is 78.9 Å². The van der Waals surface area contributed by atoms with Crippen molar-refractivity contribution in [1.29, 1.82) is 0 Å². The van der Waals surface area contributed by atoms with Crippen molar-refractivity contribution in [1.82, 2.24) is 4.98 Å². The van der Waals surface area contributed by atoms with Gasteiger partial charge in [0.15, 0.2) is 0 Å². The van der Waals surface area contributed by atoms with Crippen LogP contribution in [0.1, 0.15) is 27.7 Å². The van der Waals surface area contributed by atoms with Crippen molar-refractivity contribution >= 4 is 24.2 Å². The Balaban J connectivity index is 2.27. The van der Waals surface area contributed by atoms with Crippen molar-refractivity contribution in [3.05, 3.63) is 24.9 Å². The van der Waals surface area contributed by atoms with Gasteiger partial charge in [0.05, 0.1) is 17.8 Å². The van der Waals surface area contributed by atoms with Gasteiger partial charge in [-0.2, -0.15) is 0 Å². The van der Waals surface area contributed by atoms with Crippen LogP contribution in [0.3, 0.4) is 0 Å². The van der Waals surface area contributed by atoms with E-state index in [2.05, 4.69) is 16.9 Å². The number of nitrogens with zero attached hydrogens (tertiary/aromatic N) is 1. The Kier molecular flexibility index (Phi) is 5.87. The van der Waals surface area contributed by atoms with Crippen molar-refractivity contribution in [2.75, 3.05) is 25.6 Å². The fourth-order valence-electron chi connectivity index (χ4n) is 2.19. The highest BCUT2D eigenvalue weighted by Crippen LogP contribution is 2.36. The lowest BCUT2D eigenvalue weighted by Gasteiger charge is -2.32. The highest BCUT2D eigenvalue weighted by atomic mass is 16.7. The van der Waals surface area contributed by atoms with Crippen LogP contribution in [-0.2, 0) is 18.8 Å². The predicted octanol–water partition coefficient (Wildman–Crippen LogP) is 1.53. The minimum Gasteiger partial charge on any atom is -0.474 e. The van der Waals surface area contributed by atoms with Crippen LogP contribution in [0.5, 0.6) is 5.88 Å². The Bertz CT molecular complexity index is 632. The van der Waals surface area contributed by atoms with Crippen molar-refractivity contribution in [3.8, 4) is 5.88 Å². The zero-order valence-electron chi connectivity index (χ0n) is 15.4. The van der Waals surface area contributed by atoms with E-state index in [1.54, 1.807) is 19.4 Å². The van der Waals surface area contributed by atoms with Crippen LogP contribution in [0.2, 0.25) is 0 Å². The van der Waals surface area contributed by atoms with Crippen LogP contribution in [0.15, 0.2) is 24.9 Å². The summed E-state index contributed by atoms with van der Waals surface area (Å²) in [5, 5.41) is 2.70. The van der Waals surface area contributed by atoms with Gasteiger partial charge in [-0.25, -0.2) is 4.98 Å². The molecule has 1 aliphatic rings. The molecule has 1 fully saturated rings. The lowest BCUT2D eigenvalue weighted by atomic mass is 9.80. The molecule has 0 bridgehead atoms. The molecule has 0 radical (unpaired) electrons. The van der Waals surface area contributed by atoms with Crippen LogP contribution in [-0.4, -0.2) is 49.5 Å². The number of pyridine rings is 1. The number of carbonyl (C=O) groups is 1. The molecule has 1 aliphatic heterocycles. The summed E-state index contributed by atoms with van der Waals surface area (Å²) in [5.41, 5.74) is 0.191. The van der Waals surface area contributed by atoms with Gasteiger partial charge >= 0.3 is 7.12 Å². The van der Waals surface area contributed by atoms with E-state index in [1.165, 1.54) is 6.08 Å². The molecule has 0 spiro atoms. The summed E-state index contributed by atoms with van der Waals surface area (Å²) in [6.07, 6.45) is 2.80. The van der Waals surface area contributed by atoms with E-state index < -0.39 is 18.3 Å². The molecular weight excluding hydrogens is 323 g/mol. The Morgan fingerprint density at radius 1 is 1.32 bits per heavy atom. The monoisotopic (exact) mass is 348 g/mol. The molecule has 8 heteroatoms. The lowest BCUT2D eigenvalue weighted by molar-refractivity contribution is -0.111. The van der Waals surface area contributed by atoms with Gasteiger partial charge in [-0.15, -0.1) is 0 Å². The van der Waals surface area contributed by atoms with Crippen LogP contribution >= 0.6 is 0 Å². The number of carbonyl (C=O) groups excluding carboxylic acids is 1. The molecule has 1 saturated heterocycles. The van der Waals surface area contributed by atoms with Gasteiger partial charge in [-0.05, 0) is 39.8 Å². The van der Waals surface area contributed by atoms with Gasteiger partial charge in [0.25, 0.3) is 0 Å². The Labute approximate surface area is 148 Å². The first-order chi connectivity index (χ1) is 11.7. The van der Waals surface area contributed by atoms with Crippen LogP contribution < -0.4 is 15.5 Å². The standard InChI is InChI=1S/C17H25BN2O5/c1-7-14(21)20-13-10-12(11-19-15(13)23-9-8-22-6)18-24-16(2,3)17(4,5)25-18/h7,10-11H,1,8-9H2,2-6H3,(H,20,21). The number of rotatable bonds is 7. The van der Waals surface area contributed by atoms with E-state index in [1.807, 2.05) is 27.7 Å². The van der Waals surface area contributed by atoms with Gasteiger partial charge in [0, 0.05) is 18.8 Å². The van der Waals surface area contributed by atoms with Gasteiger partial charge < -0.3 is 24.1 Å². The molecular formula is C17H25BN2O5. The second-order valence-electron chi connectivity index (χ2n) is 6.74. The van der Waals surface area contributed by atoms with E-state index in [9.17, 15) is 4.79 Å². The zero-order chi connectivity index (χ0) is 18.7. The van der Waals surface area contributed by atoms with Crippen LogP contribution in [0.4, 0.5) is 5.69 Å². The number of aromatic nitrogens is 1. The minimum atomic E-state index is -0.579. The summed E-state index contributed by atoms with van der Waals surface area (Å²) in [6.45, 7) is 12.1. The Morgan fingerprint density at radius 3 is 2.52 bits per heavy atom. The zero-order valence-corrected chi connectivity index (χ0v) is 15.4. The van der Waals surface area contributed by atoms with Crippen molar-refractivity contribution in [3.63, 3.8) is 0 Å². The fraction of sp³-hybridized carbons (Fsp3) is 0.529. The van der Waals surface area contributed by atoms with E-state index in [-0.39, 0.29) is 5.91 Å². The quantitative estimate of drug-likeness (QED) is 0.457. The van der Waals surface area contributed by atoms with Crippen LogP contribution in [0.25, 0.3) is 0 Å². The summed E-state index contributed by atoms with van der Waals surface area (Å²) >= 11 is 0. The largest absolute Gasteiger partial charge is 0.496 e. The second-order valence-corrected chi connectivity index (χ2v) is 6.74. The molecule has 7 nitrogen and oxygen atoms in total. The first kappa shape index (κ1) is 19.4. The number of nitrogens with one attached hydrogen (secondary N) is 1. The summed E-state index contributed by atoms with van der Waals surface area (Å²) in [6, 6.07) is 1.73. The summed E-state index contributed by atoms with van der Waals surface area (Å²) in [7, 11) is 1.00. The third-order valence-electron chi connectivity index (χ3n) is 4.37. The average Bonchev–Trinajstić information content (AvgIpc) is 2.76. The molecule has 0 unspecified atom stereocenters. The highest BCUT2D eigenvalue weighted by Gasteiger charge is 2.51. The number of hydrogen-bond acceptors (Lipinski definition) is 6. The van der Waals surface area contributed by atoms with Crippen LogP contribution in [0, 0.1) is 0 Å². The minimum absolute atomic E-state index is 0.299. The number of amides is 1. The molecule has 0 aliphatic carbocycles. The van der Waals surface area contributed by atoms with E-state index >= 15 is 0 Å². The number of ether oxygens (including phenoxy) is 2. The van der Waals surface area contributed by atoms with Gasteiger partial charge in [0.1, 0.15) is 12.3 Å². The maximum absolute atomic E-state index is 11.7. The lowest BCUT2D eigenvalue weighted by Crippen LogP contribution is -2.41. The summed E-state index contributed by atoms with van der Waals surface area (Å²) < 4.78 is 22.6. The molecule has 1 aromatic heterocycles. The molecule has 0 atom stereocenters. The summed E-state index contributed by atoms with van der Waals surface area (Å²) in [4.78, 5) is 16.0. The van der Waals surface area contributed by atoms with Crippen molar-refractivity contribution in [2.24, 2.45) is 0 Å². The molecule has 136 valence electrons. The van der Waals surface area contributed by atoms with Crippen molar-refractivity contribution in [2.45, 2.75) is 38.9 Å². The molecule has 1 amide bonds. The first-order valence-electron chi connectivity index (χ1n) is 8.11. The molecule has 0 saturated carbocycles. The SMILES string of the molecule is C=CC(=O)Nc1cc(B2OC(C)(C)C(C)(C)O2)cnc1OCCOC. The second kappa shape index (κ2) is 7.55. The molecule has 2 rings (SSSR count). The smallest absolute Gasteiger partial charge is 0.474 e. The third-order valence-corrected chi connectivity index (χ3v) is 4.37. The van der Waals surface area contributed by atoms with E-state index in [4.69, 9.17) is 18.8 Å². The molecule has 0 aromatic carbocycles. The highest BCUT2D eigenvalue weighted by molar-refractivity contribution is 6.62. The maximum Gasteiger partial charge on any atom is 0.496 e. The average molecular weight is 348 g/mol. The number of anilines is 1. The fourth-order valence-corrected chi connectivity index (χ4v) is 2.19. The normalized spacial score (nSPS) is 18.0. The predicted molar refractivity (Wildman–Crippen MR) is 96.2 cm³/mol. The third kappa shape index (κ3) is 4.39. The molecule has 2 heterocycles. The molecule has 25 heavy (non-hydrogen) atoms. The summed E-state index contributed by atoms with van der Waals surface area (Å²) in [5.74, 6) is -0.0584. The Morgan fingerprint density at radius 2 is 1.96 bits per heavy atom. The number of methoxy groups -OCH3 is 1. The molecule has 1 N–H and O–H groups in total. The Hall–Kier alpha value is -1.90. The van der Waals surface area contributed by atoms with Crippen molar-refractivity contribution < 1.29 is 23.6 Å². The van der Waals surface area contributed by atoms with E-state index in [0.29, 0.717) is 30.2 Å². The maximum atomic E-state index is 11.7. The first-order valence-corrected chi connectivity index (χ1v) is 8.11. The van der Waals surface area contributed by atoms with Gasteiger partial charge in [0.2, 0.25) is 11.8 Å². The number of hydrogen-bond donors (Lipinski definition) is 1. The molecule has 1 aromatic rings.